The fraction of sp³-hybridized carbons (Fsp3) is 0.955. The molecule has 0 aliphatic carbocycles. The topological polar surface area (TPSA) is 37.3 Å². The molecule has 0 radical (unpaired) electrons. The van der Waals surface area contributed by atoms with Crippen LogP contribution in [0.2, 0.25) is 0 Å². The van der Waals surface area contributed by atoms with Gasteiger partial charge in [0.15, 0.2) is 0 Å². The van der Waals surface area contributed by atoms with E-state index >= 15 is 0 Å². The van der Waals surface area contributed by atoms with Crippen LogP contribution in [0.3, 0.4) is 0 Å². The van der Waals surface area contributed by atoms with Crippen molar-refractivity contribution >= 4 is 5.97 Å². The van der Waals surface area contributed by atoms with E-state index in [0.717, 1.165) is 12.8 Å². The van der Waals surface area contributed by atoms with Gasteiger partial charge in [0, 0.05) is 0 Å². The average Bonchev–Trinajstić information content (AvgIpc) is 2.55. The fourth-order valence-electron chi connectivity index (χ4n) is 3.86. The number of aliphatic carboxylic acids is 1. The number of unbranched alkanes of at least 4 members (excludes halogenated alkanes) is 6. The van der Waals surface area contributed by atoms with Crippen LogP contribution in [0.4, 0.5) is 0 Å². The van der Waals surface area contributed by atoms with Gasteiger partial charge in [-0.1, -0.05) is 105 Å². The average molecular weight is 341 g/mol. The third-order valence-electron chi connectivity index (χ3n) is 5.37. The SMILES string of the molecule is CCCCCCCCC(C)CC(CC(CCC)CCCC)C(=O)O. The highest BCUT2D eigenvalue weighted by Gasteiger charge is 2.24. The summed E-state index contributed by atoms with van der Waals surface area (Å²) in [6.45, 7) is 8.94. The normalized spacial score (nSPS) is 15.2. The Morgan fingerprint density at radius 1 is 0.750 bits per heavy atom. The Morgan fingerprint density at radius 3 is 1.96 bits per heavy atom. The highest BCUT2D eigenvalue weighted by molar-refractivity contribution is 5.69. The minimum Gasteiger partial charge on any atom is -0.481 e. The predicted octanol–water partition coefficient (Wildman–Crippen LogP) is 7.46. The van der Waals surface area contributed by atoms with Gasteiger partial charge in [0.25, 0.3) is 0 Å². The van der Waals surface area contributed by atoms with Crippen molar-refractivity contribution in [2.75, 3.05) is 0 Å². The van der Waals surface area contributed by atoms with E-state index in [1.54, 1.807) is 0 Å². The van der Waals surface area contributed by atoms with Crippen LogP contribution in [0.25, 0.3) is 0 Å². The van der Waals surface area contributed by atoms with Crippen LogP contribution in [-0.2, 0) is 4.79 Å². The van der Waals surface area contributed by atoms with Crippen molar-refractivity contribution in [1.29, 1.82) is 0 Å². The highest BCUT2D eigenvalue weighted by Crippen LogP contribution is 2.29. The van der Waals surface area contributed by atoms with E-state index in [9.17, 15) is 9.90 Å². The molecule has 0 rings (SSSR count). The van der Waals surface area contributed by atoms with Gasteiger partial charge >= 0.3 is 5.97 Å². The van der Waals surface area contributed by atoms with Gasteiger partial charge in [0.05, 0.1) is 5.92 Å². The Kier molecular flexibility index (Phi) is 15.6. The van der Waals surface area contributed by atoms with Crippen molar-refractivity contribution in [1.82, 2.24) is 0 Å². The molecule has 144 valence electrons. The van der Waals surface area contributed by atoms with E-state index in [-0.39, 0.29) is 5.92 Å². The minimum absolute atomic E-state index is 0.131. The third kappa shape index (κ3) is 12.8. The largest absolute Gasteiger partial charge is 0.481 e. The summed E-state index contributed by atoms with van der Waals surface area (Å²) in [4.78, 5) is 11.7. The summed E-state index contributed by atoms with van der Waals surface area (Å²) in [5, 5.41) is 9.63. The molecule has 1 N–H and O–H groups in total. The molecule has 0 heterocycles. The van der Waals surface area contributed by atoms with Gasteiger partial charge in [-0.3, -0.25) is 4.79 Å². The molecule has 2 nitrogen and oxygen atoms in total. The maximum Gasteiger partial charge on any atom is 0.306 e. The summed E-state index contributed by atoms with van der Waals surface area (Å²) in [5.41, 5.74) is 0. The van der Waals surface area contributed by atoms with Gasteiger partial charge in [0.2, 0.25) is 0 Å². The zero-order valence-corrected chi connectivity index (χ0v) is 17.0. The Morgan fingerprint density at radius 2 is 1.38 bits per heavy atom. The van der Waals surface area contributed by atoms with Gasteiger partial charge in [-0.25, -0.2) is 0 Å². The summed E-state index contributed by atoms with van der Waals surface area (Å²) < 4.78 is 0. The van der Waals surface area contributed by atoms with Crippen LogP contribution in [0.15, 0.2) is 0 Å². The Hall–Kier alpha value is -0.530. The number of hydrogen-bond acceptors (Lipinski definition) is 1. The first-order chi connectivity index (χ1) is 11.5. The number of carboxylic acids is 1. The van der Waals surface area contributed by atoms with Crippen LogP contribution < -0.4 is 0 Å². The number of carbonyl (C=O) groups is 1. The number of carboxylic acid groups (broad SMARTS) is 1. The maximum atomic E-state index is 11.7. The number of hydrogen-bond donors (Lipinski definition) is 1. The minimum atomic E-state index is -0.567. The second kappa shape index (κ2) is 16.0. The molecular weight excluding hydrogens is 296 g/mol. The molecule has 24 heavy (non-hydrogen) atoms. The molecule has 3 unspecified atom stereocenters. The van der Waals surface area contributed by atoms with Crippen LogP contribution >= 0.6 is 0 Å². The molecule has 0 aliphatic heterocycles. The molecule has 0 spiro atoms. The molecule has 0 aromatic rings. The first-order valence-electron chi connectivity index (χ1n) is 10.8. The first-order valence-corrected chi connectivity index (χ1v) is 10.8. The van der Waals surface area contributed by atoms with E-state index in [1.165, 1.54) is 77.0 Å². The van der Waals surface area contributed by atoms with Crippen LogP contribution in [0, 0.1) is 17.8 Å². The van der Waals surface area contributed by atoms with Crippen LogP contribution in [0.1, 0.15) is 118 Å². The quantitative estimate of drug-likeness (QED) is 0.279. The predicted molar refractivity (Wildman–Crippen MR) is 105 cm³/mol. The molecular formula is C22H44O2. The molecule has 3 atom stereocenters. The van der Waals surface area contributed by atoms with Gasteiger partial charge in [-0.2, -0.15) is 0 Å². The zero-order chi connectivity index (χ0) is 18.2. The van der Waals surface area contributed by atoms with Crippen molar-refractivity contribution in [3.05, 3.63) is 0 Å². The maximum absolute atomic E-state index is 11.7. The Balaban J connectivity index is 4.17. The first kappa shape index (κ1) is 23.5. The lowest BCUT2D eigenvalue weighted by atomic mass is 9.82. The monoisotopic (exact) mass is 340 g/mol. The van der Waals surface area contributed by atoms with E-state index < -0.39 is 5.97 Å². The van der Waals surface area contributed by atoms with Gasteiger partial charge in [-0.05, 0) is 24.7 Å². The van der Waals surface area contributed by atoms with E-state index in [2.05, 4.69) is 27.7 Å². The number of rotatable bonds is 17. The summed E-state index contributed by atoms with van der Waals surface area (Å²) >= 11 is 0. The third-order valence-corrected chi connectivity index (χ3v) is 5.37. The molecule has 0 bridgehead atoms. The van der Waals surface area contributed by atoms with Crippen molar-refractivity contribution in [3.63, 3.8) is 0 Å². The second-order valence-electron chi connectivity index (χ2n) is 7.97. The van der Waals surface area contributed by atoms with Gasteiger partial charge in [-0.15, -0.1) is 0 Å². The second-order valence-corrected chi connectivity index (χ2v) is 7.97. The molecule has 0 aromatic heterocycles. The van der Waals surface area contributed by atoms with Crippen LogP contribution in [-0.4, -0.2) is 11.1 Å². The molecule has 0 saturated heterocycles. The molecule has 0 aromatic carbocycles. The fourth-order valence-corrected chi connectivity index (χ4v) is 3.86. The summed E-state index contributed by atoms with van der Waals surface area (Å²) in [6, 6.07) is 0. The van der Waals surface area contributed by atoms with Gasteiger partial charge < -0.3 is 5.11 Å². The van der Waals surface area contributed by atoms with E-state index in [4.69, 9.17) is 0 Å². The smallest absolute Gasteiger partial charge is 0.306 e. The molecule has 2 heteroatoms. The van der Waals surface area contributed by atoms with Gasteiger partial charge in [0.1, 0.15) is 0 Å². The lowest BCUT2D eigenvalue weighted by molar-refractivity contribution is -0.143. The van der Waals surface area contributed by atoms with Crippen molar-refractivity contribution in [3.8, 4) is 0 Å². The van der Waals surface area contributed by atoms with Crippen molar-refractivity contribution in [2.24, 2.45) is 17.8 Å². The molecule has 0 amide bonds. The van der Waals surface area contributed by atoms with Crippen molar-refractivity contribution in [2.45, 2.75) is 118 Å². The molecule has 0 aliphatic rings. The van der Waals surface area contributed by atoms with E-state index in [1.807, 2.05) is 0 Å². The zero-order valence-electron chi connectivity index (χ0n) is 17.0. The molecule has 0 saturated carbocycles. The Bertz CT molecular complexity index is 288. The summed E-state index contributed by atoms with van der Waals surface area (Å²) in [6.07, 6.45) is 16.9. The van der Waals surface area contributed by atoms with Crippen LogP contribution in [0.5, 0.6) is 0 Å². The lowest BCUT2D eigenvalue weighted by Gasteiger charge is -2.23. The Labute approximate surface area is 151 Å². The highest BCUT2D eigenvalue weighted by atomic mass is 16.4. The van der Waals surface area contributed by atoms with E-state index in [0.29, 0.717) is 11.8 Å². The van der Waals surface area contributed by atoms with Crippen molar-refractivity contribution < 1.29 is 9.90 Å². The summed E-state index contributed by atoms with van der Waals surface area (Å²) in [7, 11) is 0. The standard InChI is InChI=1S/C22H44O2/c1-5-8-10-11-12-13-15-19(4)17-21(22(23)24)18-20(14-7-3)16-9-6-2/h19-21H,5-18H2,1-4H3,(H,23,24). The lowest BCUT2D eigenvalue weighted by Crippen LogP contribution is -2.20. The molecule has 0 fully saturated rings. The summed E-state index contributed by atoms with van der Waals surface area (Å²) in [5.74, 6) is 0.457.